The number of aliphatic hydroxyl groups excluding tert-OH is 2. The first-order valence-electron chi connectivity index (χ1n) is 5.84. The number of hydrogen-bond acceptors (Lipinski definition) is 4. The lowest BCUT2D eigenvalue weighted by Crippen LogP contribution is -2.48. The van der Waals surface area contributed by atoms with E-state index in [-0.39, 0.29) is 6.10 Å². The first-order valence-corrected chi connectivity index (χ1v) is 5.84. The molecule has 0 unspecified atom stereocenters. The Morgan fingerprint density at radius 1 is 1.29 bits per heavy atom. The van der Waals surface area contributed by atoms with Crippen molar-refractivity contribution in [1.29, 1.82) is 0 Å². The highest BCUT2D eigenvalue weighted by Crippen LogP contribution is 2.22. The van der Waals surface area contributed by atoms with E-state index in [9.17, 15) is 10.2 Å². The highest BCUT2D eigenvalue weighted by molar-refractivity contribution is 5.13. The molecule has 1 fully saturated rings. The van der Waals surface area contributed by atoms with Crippen LogP contribution in [0.25, 0.3) is 0 Å². The van der Waals surface area contributed by atoms with Gasteiger partial charge in [-0.1, -0.05) is 30.3 Å². The van der Waals surface area contributed by atoms with Gasteiger partial charge in [0.15, 0.2) is 6.29 Å². The second kappa shape index (κ2) is 5.60. The molecule has 1 aromatic carbocycles. The predicted molar refractivity (Wildman–Crippen MR) is 62.2 cm³/mol. The van der Waals surface area contributed by atoms with Gasteiger partial charge in [-0.05, 0) is 12.5 Å². The molecule has 1 aliphatic heterocycles. The molecule has 0 saturated carbocycles. The fraction of sp³-hybridized carbons (Fsp3) is 0.538. The van der Waals surface area contributed by atoms with Crippen LogP contribution in [0.1, 0.15) is 18.9 Å². The maximum absolute atomic E-state index is 9.82. The summed E-state index contributed by atoms with van der Waals surface area (Å²) in [6, 6.07) is 9.64. The van der Waals surface area contributed by atoms with Gasteiger partial charge in [0.05, 0.1) is 18.8 Å². The molecule has 94 valence electrons. The van der Waals surface area contributed by atoms with Gasteiger partial charge < -0.3 is 19.7 Å². The molecule has 4 nitrogen and oxygen atoms in total. The lowest BCUT2D eigenvalue weighted by Gasteiger charge is -2.35. The van der Waals surface area contributed by atoms with Crippen molar-refractivity contribution in [3.05, 3.63) is 35.9 Å². The van der Waals surface area contributed by atoms with Gasteiger partial charge in [0.2, 0.25) is 0 Å². The Balaban J connectivity index is 1.90. The summed E-state index contributed by atoms with van der Waals surface area (Å²) >= 11 is 0. The van der Waals surface area contributed by atoms with E-state index in [4.69, 9.17) is 9.47 Å². The smallest absolute Gasteiger partial charge is 0.183 e. The van der Waals surface area contributed by atoms with E-state index in [1.165, 1.54) is 0 Å². The van der Waals surface area contributed by atoms with Gasteiger partial charge in [-0.15, -0.1) is 0 Å². The first kappa shape index (κ1) is 12.5. The lowest BCUT2D eigenvalue weighted by atomic mass is 10.0. The van der Waals surface area contributed by atoms with Crippen LogP contribution in [0.5, 0.6) is 0 Å². The molecule has 0 amide bonds. The highest BCUT2D eigenvalue weighted by atomic mass is 16.6. The second-order valence-electron chi connectivity index (χ2n) is 4.40. The van der Waals surface area contributed by atoms with E-state index in [1.807, 2.05) is 37.3 Å². The van der Waals surface area contributed by atoms with Crippen LogP contribution in [0, 0.1) is 0 Å². The Morgan fingerprint density at radius 3 is 2.65 bits per heavy atom. The highest BCUT2D eigenvalue weighted by Gasteiger charge is 2.35. The van der Waals surface area contributed by atoms with Crippen LogP contribution in [0.2, 0.25) is 0 Å². The third-order valence-corrected chi connectivity index (χ3v) is 2.89. The average molecular weight is 238 g/mol. The Labute approximate surface area is 101 Å². The predicted octanol–water partition coefficient (Wildman–Crippen LogP) is 1.06. The summed E-state index contributed by atoms with van der Waals surface area (Å²) in [5, 5.41) is 19.5. The Morgan fingerprint density at radius 2 is 2.00 bits per heavy atom. The maximum Gasteiger partial charge on any atom is 0.183 e. The molecule has 1 heterocycles. The summed E-state index contributed by atoms with van der Waals surface area (Å²) in [7, 11) is 0. The SMILES string of the molecule is C[C@@H]1C[C@@H](O)[C@@H](OCc2ccccc2)[C@@H](O)O1. The summed E-state index contributed by atoms with van der Waals surface area (Å²) in [6.07, 6.45) is -2.07. The van der Waals surface area contributed by atoms with Gasteiger partial charge in [0, 0.05) is 6.42 Å². The molecular weight excluding hydrogens is 220 g/mol. The number of benzene rings is 1. The second-order valence-corrected chi connectivity index (χ2v) is 4.40. The van der Waals surface area contributed by atoms with Gasteiger partial charge in [-0.2, -0.15) is 0 Å². The molecule has 2 N–H and O–H groups in total. The molecule has 0 spiro atoms. The molecule has 0 aromatic heterocycles. The number of hydrogen-bond donors (Lipinski definition) is 2. The van der Waals surface area contributed by atoms with Crippen molar-refractivity contribution in [3.8, 4) is 0 Å². The van der Waals surface area contributed by atoms with Crippen molar-refractivity contribution < 1.29 is 19.7 Å². The molecule has 1 aromatic rings. The van der Waals surface area contributed by atoms with Gasteiger partial charge in [0.25, 0.3) is 0 Å². The average Bonchev–Trinajstić information content (AvgIpc) is 2.29. The van der Waals surface area contributed by atoms with Crippen LogP contribution in [0.3, 0.4) is 0 Å². The number of aliphatic hydroxyl groups is 2. The van der Waals surface area contributed by atoms with E-state index in [0.29, 0.717) is 13.0 Å². The van der Waals surface area contributed by atoms with E-state index in [1.54, 1.807) is 0 Å². The minimum absolute atomic E-state index is 0.142. The quantitative estimate of drug-likeness (QED) is 0.826. The van der Waals surface area contributed by atoms with Crippen LogP contribution in [0.15, 0.2) is 30.3 Å². The standard InChI is InChI=1S/C13H18O4/c1-9-7-11(14)12(13(15)17-9)16-8-10-5-3-2-4-6-10/h2-6,9,11-15H,7-8H2,1H3/t9-,11-,12-,13+/m1/s1. The fourth-order valence-corrected chi connectivity index (χ4v) is 2.00. The zero-order chi connectivity index (χ0) is 12.3. The lowest BCUT2D eigenvalue weighted by molar-refractivity contribution is -0.258. The van der Waals surface area contributed by atoms with Crippen molar-refractivity contribution in [2.24, 2.45) is 0 Å². The van der Waals surface area contributed by atoms with Crippen molar-refractivity contribution in [3.63, 3.8) is 0 Å². The van der Waals surface area contributed by atoms with Crippen molar-refractivity contribution in [2.45, 2.75) is 44.6 Å². The summed E-state index contributed by atoms with van der Waals surface area (Å²) in [4.78, 5) is 0. The third-order valence-electron chi connectivity index (χ3n) is 2.89. The molecule has 4 atom stereocenters. The van der Waals surface area contributed by atoms with Crippen molar-refractivity contribution >= 4 is 0 Å². The van der Waals surface area contributed by atoms with Crippen molar-refractivity contribution in [2.75, 3.05) is 0 Å². The summed E-state index contributed by atoms with van der Waals surface area (Å²) in [5.41, 5.74) is 1.01. The normalized spacial score (nSPS) is 33.6. The molecule has 0 radical (unpaired) electrons. The molecular formula is C13H18O4. The van der Waals surface area contributed by atoms with E-state index in [2.05, 4.69) is 0 Å². The largest absolute Gasteiger partial charge is 0.390 e. The van der Waals surface area contributed by atoms with Crippen LogP contribution in [0.4, 0.5) is 0 Å². The van der Waals surface area contributed by atoms with Gasteiger partial charge in [-0.3, -0.25) is 0 Å². The molecule has 0 bridgehead atoms. The molecule has 1 aliphatic rings. The number of ether oxygens (including phenoxy) is 2. The zero-order valence-electron chi connectivity index (χ0n) is 9.82. The number of rotatable bonds is 3. The Hall–Kier alpha value is -0.940. The zero-order valence-corrected chi connectivity index (χ0v) is 9.82. The van der Waals surface area contributed by atoms with E-state index >= 15 is 0 Å². The van der Waals surface area contributed by atoms with Gasteiger partial charge >= 0.3 is 0 Å². The molecule has 4 heteroatoms. The molecule has 0 aliphatic carbocycles. The summed E-state index contributed by atoms with van der Waals surface area (Å²) in [5.74, 6) is 0. The van der Waals surface area contributed by atoms with Crippen molar-refractivity contribution in [1.82, 2.24) is 0 Å². The summed E-state index contributed by atoms with van der Waals surface area (Å²) in [6.45, 7) is 2.18. The monoisotopic (exact) mass is 238 g/mol. The van der Waals surface area contributed by atoms with Crippen LogP contribution in [-0.4, -0.2) is 34.8 Å². The molecule has 2 rings (SSSR count). The van der Waals surface area contributed by atoms with Crippen LogP contribution < -0.4 is 0 Å². The minimum Gasteiger partial charge on any atom is -0.390 e. The molecule has 1 saturated heterocycles. The third kappa shape index (κ3) is 3.26. The van der Waals surface area contributed by atoms with Gasteiger partial charge in [-0.25, -0.2) is 0 Å². The Bertz CT molecular complexity index is 329. The van der Waals surface area contributed by atoms with Crippen LogP contribution >= 0.6 is 0 Å². The van der Waals surface area contributed by atoms with Gasteiger partial charge in [0.1, 0.15) is 6.10 Å². The Kier molecular flexibility index (Phi) is 4.12. The summed E-state index contributed by atoms with van der Waals surface area (Å²) < 4.78 is 10.7. The van der Waals surface area contributed by atoms with Crippen LogP contribution in [-0.2, 0) is 16.1 Å². The van der Waals surface area contributed by atoms with E-state index < -0.39 is 18.5 Å². The first-order chi connectivity index (χ1) is 8.16. The maximum atomic E-state index is 9.82. The topological polar surface area (TPSA) is 58.9 Å². The molecule has 17 heavy (non-hydrogen) atoms. The minimum atomic E-state index is -1.06. The fourth-order valence-electron chi connectivity index (χ4n) is 2.00. The van der Waals surface area contributed by atoms with E-state index in [0.717, 1.165) is 5.56 Å².